The van der Waals surface area contributed by atoms with E-state index in [-0.39, 0.29) is 0 Å². The average Bonchev–Trinajstić information content (AvgIpc) is 3.01. The summed E-state index contributed by atoms with van der Waals surface area (Å²) in [4.78, 5) is 4.13. The van der Waals surface area contributed by atoms with Gasteiger partial charge in [-0.3, -0.25) is 4.40 Å². The van der Waals surface area contributed by atoms with E-state index < -0.39 is 0 Å². The smallest absolute Gasteiger partial charge is 0.202 e. The summed E-state index contributed by atoms with van der Waals surface area (Å²) in [6.45, 7) is 0. The Kier molecular flexibility index (Phi) is 2.72. The predicted molar refractivity (Wildman–Crippen MR) is 79.5 cm³/mol. The highest BCUT2D eigenvalue weighted by molar-refractivity contribution is 7.99. The van der Waals surface area contributed by atoms with Crippen molar-refractivity contribution in [1.29, 1.82) is 0 Å². The average molecular weight is 318 g/mol. The van der Waals surface area contributed by atoms with Gasteiger partial charge < -0.3 is 5.73 Å². The van der Waals surface area contributed by atoms with Crippen LogP contribution in [0.5, 0.6) is 0 Å². The van der Waals surface area contributed by atoms with Gasteiger partial charge in [-0.25, -0.2) is 9.50 Å². The van der Waals surface area contributed by atoms with Crippen molar-refractivity contribution < 1.29 is 0 Å². The minimum Gasteiger partial charge on any atom is -0.382 e. The maximum atomic E-state index is 6.00. The van der Waals surface area contributed by atoms with Crippen LogP contribution in [-0.2, 0) is 0 Å². The zero-order valence-corrected chi connectivity index (χ0v) is 12.1. The lowest BCUT2D eigenvalue weighted by Gasteiger charge is -2.00. The maximum absolute atomic E-state index is 6.00. The molecule has 0 spiro atoms. The molecule has 9 heteroatoms. The number of aromatic nitrogens is 6. The zero-order valence-electron chi connectivity index (χ0n) is 10.5. The molecule has 0 amide bonds. The molecule has 0 bridgehead atoms. The van der Waals surface area contributed by atoms with Crippen molar-refractivity contribution in [2.75, 3.05) is 5.73 Å². The van der Waals surface area contributed by atoms with E-state index >= 15 is 0 Å². The number of nitrogens with zero attached hydrogens (tertiary/aromatic N) is 6. The number of pyridine rings is 1. The van der Waals surface area contributed by atoms with Gasteiger partial charge in [0.1, 0.15) is 10.8 Å². The van der Waals surface area contributed by atoms with Gasteiger partial charge in [-0.05, 0) is 36.0 Å². The van der Waals surface area contributed by atoms with Crippen LogP contribution >= 0.6 is 23.4 Å². The molecule has 0 saturated carbocycles. The van der Waals surface area contributed by atoms with Crippen LogP contribution in [0, 0.1) is 0 Å². The molecule has 104 valence electrons. The van der Waals surface area contributed by atoms with Crippen LogP contribution in [-0.4, -0.2) is 29.2 Å². The summed E-state index contributed by atoms with van der Waals surface area (Å²) >= 11 is 7.39. The second-order valence-corrected chi connectivity index (χ2v) is 5.72. The number of fused-ring (bicyclic) bond motifs is 2. The summed E-state index contributed by atoms with van der Waals surface area (Å²) in [5.41, 5.74) is 7.08. The summed E-state index contributed by atoms with van der Waals surface area (Å²) in [6.07, 6.45) is 3.44. The first-order valence-electron chi connectivity index (χ1n) is 5.99. The van der Waals surface area contributed by atoms with Crippen LogP contribution in [0.2, 0.25) is 5.02 Å². The van der Waals surface area contributed by atoms with Gasteiger partial charge in [-0.2, -0.15) is 5.10 Å². The molecule has 4 aromatic heterocycles. The minimum absolute atomic E-state index is 0.435. The third-order valence-electron chi connectivity index (χ3n) is 2.85. The van der Waals surface area contributed by atoms with Crippen LogP contribution in [0.15, 0.2) is 46.8 Å². The Hall–Kier alpha value is -2.32. The first-order chi connectivity index (χ1) is 10.2. The van der Waals surface area contributed by atoms with Crippen molar-refractivity contribution in [3.63, 3.8) is 0 Å². The third-order valence-corrected chi connectivity index (χ3v) is 3.96. The fourth-order valence-corrected chi connectivity index (χ4v) is 2.88. The second kappa shape index (κ2) is 4.61. The SMILES string of the molecule is Nc1cn2nc(Sc3nnc4ccc(Cl)cn34)ccc2n1. The molecule has 7 nitrogen and oxygen atoms in total. The Morgan fingerprint density at radius 2 is 1.90 bits per heavy atom. The number of nitrogen functional groups attached to an aromatic ring is 1. The standard InChI is InChI=1S/C12H8ClN7S/c13-7-1-2-10-16-17-12(19(10)5-7)21-11-4-3-9-15-8(14)6-20(9)18-11/h1-6H,14H2. The van der Waals surface area contributed by atoms with Crippen molar-refractivity contribution >= 4 is 40.5 Å². The molecule has 0 radical (unpaired) electrons. The van der Waals surface area contributed by atoms with Crippen LogP contribution in [0.25, 0.3) is 11.3 Å². The van der Waals surface area contributed by atoms with Crippen LogP contribution in [0.4, 0.5) is 5.82 Å². The molecule has 0 saturated heterocycles. The van der Waals surface area contributed by atoms with E-state index in [0.29, 0.717) is 21.6 Å². The fraction of sp³-hybridized carbons (Fsp3) is 0. The molecule has 4 rings (SSSR count). The Labute approximate surface area is 127 Å². The molecule has 0 fully saturated rings. The van der Waals surface area contributed by atoms with E-state index in [2.05, 4.69) is 20.3 Å². The molecule has 4 heterocycles. The van der Waals surface area contributed by atoms with Gasteiger partial charge in [0.2, 0.25) is 5.16 Å². The number of nitrogens with two attached hydrogens (primary N) is 1. The highest BCUT2D eigenvalue weighted by Crippen LogP contribution is 2.25. The van der Waals surface area contributed by atoms with Crippen molar-refractivity contribution in [2.45, 2.75) is 10.2 Å². The van der Waals surface area contributed by atoms with E-state index in [1.807, 2.05) is 22.6 Å². The highest BCUT2D eigenvalue weighted by atomic mass is 35.5. The number of anilines is 1. The summed E-state index contributed by atoms with van der Waals surface area (Å²) in [6, 6.07) is 7.30. The molecule has 0 aliphatic heterocycles. The monoisotopic (exact) mass is 317 g/mol. The lowest BCUT2D eigenvalue weighted by molar-refractivity contribution is 0.849. The van der Waals surface area contributed by atoms with E-state index in [0.717, 1.165) is 10.7 Å². The summed E-state index contributed by atoms with van der Waals surface area (Å²) in [5.74, 6) is 0.435. The van der Waals surface area contributed by atoms with Gasteiger partial charge in [-0.15, -0.1) is 10.2 Å². The molecule has 0 atom stereocenters. The zero-order chi connectivity index (χ0) is 14.4. The Bertz CT molecular complexity index is 961. The lowest BCUT2D eigenvalue weighted by atomic mass is 10.5. The van der Waals surface area contributed by atoms with E-state index in [9.17, 15) is 0 Å². The molecular formula is C12H8ClN7S. The van der Waals surface area contributed by atoms with Gasteiger partial charge in [0.15, 0.2) is 11.3 Å². The van der Waals surface area contributed by atoms with Gasteiger partial charge in [0.25, 0.3) is 0 Å². The maximum Gasteiger partial charge on any atom is 0.202 e. The Morgan fingerprint density at radius 1 is 1.05 bits per heavy atom. The van der Waals surface area contributed by atoms with E-state index in [1.54, 1.807) is 23.0 Å². The Morgan fingerprint density at radius 3 is 2.81 bits per heavy atom. The number of hydrogen-bond donors (Lipinski definition) is 1. The molecule has 0 aliphatic rings. The van der Waals surface area contributed by atoms with Crippen molar-refractivity contribution in [2.24, 2.45) is 0 Å². The predicted octanol–water partition coefficient (Wildman–Crippen LogP) is 2.16. The van der Waals surface area contributed by atoms with E-state index in [4.69, 9.17) is 17.3 Å². The lowest BCUT2D eigenvalue weighted by Crippen LogP contribution is -1.93. The van der Waals surface area contributed by atoms with Gasteiger partial charge >= 0.3 is 0 Å². The van der Waals surface area contributed by atoms with Crippen LogP contribution in [0.1, 0.15) is 0 Å². The molecule has 0 aromatic carbocycles. The molecule has 0 aliphatic carbocycles. The Balaban J connectivity index is 1.76. The number of rotatable bonds is 2. The minimum atomic E-state index is 0.435. The van der Waals surface area contributed by atoms with Gasteiger partial charge in [0.05, 0.1) is 11.2 Å². The molecule has 21 heavy (non-hydrogen) atoms. The van der Waals surface area contributed by atoms with E-state index in [1.165, 1.54) is 11.8 Å². The normalized spacial score (nSPS) is 11.5. The second-order valence-electron chi connectivity index (χ2n) is 4.30. The molecule has 2 N–H and O–H groups in total. The van der Waals surface area contributed by atoms with Gasteiger partial charge in [-0.1, -0.05) is 11.6 Å². The van der Waals surface area contributed by atoms with Crippen molar-refractivity contribution in [3.05, 3.63) is 41.7 Å². The highest BCUT2D eigenvalue weighted by Gasteiger charge is 2.10. The number of halogens is 1. The summed E-state index contributed by atoms with van der Waals surface area (Å²) in [5, 5.41) is 14.7. The molecule has 0 unspecified atom stereocenters. The van der Waals surface area contributed by atoms with Crippen molar-refractivity contribution in [1.82, 2.24) is 29.2 Å². The van der Waals surface area contributed by atoms with Gasteiger partial charge in [0, 0.05) is 6.20 Å². The number of imidazole rings is 1. The summed E-state index contributed by atoms with van der Waals surface area (Å²) < 4.78 is 3.45. The van der Waals surface area contributed by atoms with Crippen molar-refractivity contribution in [3.8, 4) is 0 Å². The molecular weight excluding hydrogens is 310 g/mol. The number of hydrogen-bond acceptors (Lipinski definition) is 6. The largest absolute Gasteiger partial charge is 0.382 e. The first-order valence-corrected chi connectivity index (χ1v) is 7.18. The van der Waals surface area contributed by atoms with Crippen LogP contribution < -0.4 is 5.73 Å². The first kappa shape index (κ1) is 12.4. The van der Waals surface area contributed by atoms with Crippen LogP contribution in [0.3, 0.4) is 0 Å². The summed E-state index contributed by atoms with van der Waals surface area (Å²) in [7, 11) is 0. The quantitative estimate of drug-likeness (QED) is 0.609. The topological polar surface area (TPSA) is 86.4 Å². The third kappa shape index (κ3) is 2.18. The molecule has 4 aromatic rings. The fourth-order valence-electron chi connectivity index (χ4n) is 1.94.